The van der Waals surface area contributed by atoms with Crippen LogP contribution in [0.15, 0.2) is 66.7 Å². The summed E-state index contributed by atoms with van der Waals surface area (Å²) in [4.78, 5) is 6.23. The minimum Gasteiger partial charge on any atom is -0.269 e. The zero-order chi connectivity index (χ0) is 14.5. The molecule has 2 nitrogen and oxygen atoms in total. The van der Waals surface area contributed by atoms with Crippen LogP contribution >= 0.6 is 0 Å². The Hall–Kier alpha value is -2.32. The summed E-state index contributed by atoms with van der Waals surface area (Å²) in [5.41, 5.74) is 4.01. The largest absolute Gasteiger partial charge is 0.269 e. The Kier molecular flexibility index (Phi) is 2.55. The summed E-state index contributed by atoms with van der Waals surface area (Å²) in [6.07, 6.45) is 2.38. The van der Waals surface area contributed by atoms with Gasteiger partial charge in [0.15, 0.2) is 0 Å². The molecule has 0 N–H and O–H groups in total. The molecule has 2 bridgehead atoms. The van der Waals surface area contributed by atoms with Crippen LogP contribution in [0, 0.1) is 0 Å². The Labute approximate surface area is 129 Å². The van der Waals surface area contributed by atoms with E-state index in [1.54, 1.807) is 0 Å². The molecule has 2 heteroatoms. The highest BCUT2D eigenvalue weighted by Crippen LogP contribution is 2.47. The average molecular weight is 287 g/mol. The molecule has 2 atom stereocenters. The summed E-state index contributed by atoms with van der Waals surface area (Å²) >= 11 is 0. The summed E-state index contributed by atoms with van der Waals surface area (Å²) in [7, 11) is 0. The molecule has 0 radical (unpaired) electrons. The summed E-state index contributed by atoms with van der Waals surface area (Å²) in [6.45, 7) is 0. The van der Waals surface area contributed by atoms with Crippen LogP contribution in [0.25, 0.3) is 10.8 Å². The maximum atomic E-state index is 6.23. The molecule has 1 saturated heterocycles. The lowest BCUT2D eigenvalue weighted by Crippen LogP contribution is -2.27. The highest BCUT2D eigenvalue weighted by molar-refractivity contribution is 5.96. The maximum absolute atomic E-state index is 6.23. The van der Waals surface area contributed by atoms with Crippen LogP contribution in [-0.4, -0.2) is 6.10 Å². The molecule has 2 aliphatic rings. The first-order valence-electron chi connectivity index (χ1n) is 7.92. The molecular weight excluding hydrogens is 270 g/mol. The van der Waals surface area contributed by atoms with E-state index in [1.165, 1.54) is 27.6 Å². The lowest BCUT2D eigenvalue weighted by atomic mass is 9.99. The zero-order valence-corrected chi connectivity index (χ0v) is 12.3. The Morgan fingerprint density at radius 2 is 1.68 bits per heavy atom. The number of hydroxylamine groups is 1. The molecule has 5 rings (SSSR count). The third kappa shape index (κ3) is 1.71. The van der Waals surface area contributed by atoms with Gasteiger partial charge in [-0.2, -0.15) is 0 Å². The van der Waals surface area contributed by atoms with Gasteiger partial charge in [0.25, 0.3) is 0 Å². The lowest BCUT2D eigenvalue weighted by molar-refractivity contribution is 0.0741. The number of hydrogen-bond acceptors (Lipinski definition) is 2. The molecule has 2 aliphatic heterocycles. The standard InChI is InChI=1S/C20H17NO/c1-2-7-15(8-3-1)19-13-17-12-16-11-10-14-6-4-5-9-18(14)20(16)21(19)22-17/h1-11,17,19H,12-13H2/t17-,19-/m0/s1. The van der Waals surface area contributed by atoms with Gasteiger partial charge in [-0.1, -0.05) is 66.7 Å². The second-order valence-corrected chi connectivity index (χ2v) is 6.21. The van der Waals surface area contributed by atoms with Crippen LogP contribution in [0.4, 0.5) is 5.69 Å². The summed E-state index contributed by atoms with van der Waals surface area (Å²) in [5, 5.41) is 4.74. The smallest absolute Gasteiger partial charge is 0.0921 e. The van der Waals surface area contributed by atoms with E-state index in [9.17, 15) is 0 Å². The Bertz CT molecular complexity index is 843. The van der Waals surface area contributed by atoms with Gasteiger partial charge in [-0.15, -0.1) is 0 Å². The molecular formula is C20H17NO. The topological polar surface area (TPSA) is 12.5 Å². The van der Waals surface area contributed by atoms with Crippen molar-refractivity contribution in [2.45, 2.75) is 25.0 Å². The van der Waals surface area contributed by atoms with Crippen molar-refractivity contribution in [3.05, 3.63) is 77.9 Å². The SMILES string of the molecule is c1ccc([C@@H]2C[C@@H]3Cc4ccc5ccccc5c4N2O3)cc1. The summed E-state index contributed by atoms with van der Waals surface area (Å²) in [6, 6.07) is 24.1. The summed E-state index contributed by atoms with van der Waals surface area (Å²) < 4.78 is 0. The lowest BCUT2D eigenvalue weighted by Gasteiger charge is -2.31. The van der Waals surface area contributed by atoms with Gasteiger partial charge in [0, 0.05) is 18.2 Å². The molecule has 0 saturated carbocycles. The Morgan fingerprint density at radius 1 is 0.864 bits per heavy atom. The van der Waals surface area contributed by atoms with Gasteiger partial charge in [0.2, 0.25) is 0 Å². The predicted molar refractivity (Wildman–Crippen MR) is 88.8 cm³/mol. The highest BCUT2D eigenvalue weighted by atomic mass is 16.7. The van der Waals surface area contributed by atoms with E-state index in [1.807, 2.05) is 0 Å². The molecule has 3 aromatic rings. The van der Waals surface area contributed by atoms with Gasteiger partial charge in [0.1, 0.15) is 0 Å². The number of nitrogens with zero attached hydrogens (tertiary/aromatic N) is 1. The molecule has 2 heterocycles. The van der Waals surface area contributed by atoms with Crippen LogP contribution in [0.3, 0.4) is 0 Å². The van der Waals surface area contributed by atoms with Gasteiger partial charge in [-0.05, 0) is 16.5 Å². The van der Waals surface area contributed by atoms with Gasteiger partial charge in [-0.3, -0.25) is 4.84 Å². The van der Waals surface area contributed by atoms with Crippen molar-refractivity contribution in [3.63, 3.8) is 0 Å². The van der Waals surface area contributed by atoms with E-state index in [-0.39, 0.29) is 0 Å². The van der Waals surface area contributed by atoms with Gasteiger partial charge >= 0.3 is 0 Å². The highest BCUT2D eigenvalue weighted by Gasteiger charge is 2.40. The van der Waals surface area contributed by atoms with Crippen molar-refractivity contribution >= 4 is 16.5 Å². The van der Waals surface area contributed by atoms with E-state index in [2.05, 4.69) is 71.8 Å². The molecule has 0 aromatic heterocycles. The second kappa shape index (κ2) is 4.59. The number of hydrogen-bond donors (Lipinski definition) is 0. The first-order chi connectivity index (χ1) is 10.9. The first-order valence-corrected chi connectivity index (χ1v) is 7.92. The first kappa shape index (κ1) is 12.2. The number of benzene rings is 3. The number of anilines is 1. The van der Waals surface area contributed by atoms with Crippen molar-refractivity contribution in [1.82, 2.24) is 0 Å². The molecule has 0 unspecified atom stereocenters. The fourth-order valence-corrected chi connectivity index (χ4v) is 3.87. The van der Waals surface area contributed by atoms with Crippen LogP contribution < -0.4 is 5.06 Å². The molecule has 0 amide bonds. The minimum atomic E-state index is 0.305. The van der Waals surface area contributed by atoms with Crippen LogP contribution in [0.2, 0.25) is 0 Å². The van der Waals surface area contributed by atoms with Crippen molar-refractivity contribution in [2.75, 3.05) is 5.06 Å². The third-order valence-electron chi connectivity index (χ3n) is 4.87. The van der Waals surface area contributed by atoms with E-state index in [4.69, 9.17) is 4.84 Å². The van der Waals surface area contributed by atoms with Crippen molar-refractivity contribution in [1.29, 1.82) is 0 Å². The van der Waals surface area contributed by atoms with Crippen molar-refractivity contribution in [2.24, 2.45) is 0 Å². The Balaban J connectivity index is 1.71. The van der Waals surface area contributed by atoms with E-state index >= 15 is 0 Å². The summed E-state index contributed by atoms with van der Waals surface area (Å²) in [5.74, 6) is 0. The van der Waals surface area contributed by atoms with Gasteiger partial charge < -0.3 is 0 Å². The quantitative estimate of drug-likeness (QED) is 0.646. The maximum Gasteiger partial charge on any atom is 0.0921 e. The second-order valence-electron chi connectivity index (χ2n) is 6.21. The van der Waals surface area contributed by atoms with Crippen molar-refractivity contribution < 1.29 is 4.84 Å². The fourth-order valence-electron chi connectivity index (χ4n) is 3.87. The van der Waals surface area contributed by atoms with Gasteiger partial charge in [0.05, 0.1) is 17.8 Å². The third-order valence-corrected chi connectivity index (χ3v) is 4.87. The van der Waals surface area contributed by atoms with E-state index in [0.29, 0.717) is 12.1 Å². The fraction of sp³-hybridized carbons (Fsp3) is 0.200. The molecule has 1 fully saturated rings. The average Bonchev–Trinajstić information content (AvgIpc) is 2.92. The van der Waals surface area contributed by atoms with Crippen LogP contribution in [0.5, 0.6) is 0 Å². The normalized spacial score (nSPS) is 22.8. The molecule has 3 aromatic carbocycles. The van der Waals surface area contributed by atoms with Crippen LogP contribution in [0.1, 0.15) is 23.6 Å². The number of rotatable bonds is 1. The van der Waals surface area contributed by atoms with Gasteiger partial charge in [-0.25, -0.2) is 5.06 Å². The van der Waals surface area contributed by atoms with E-state index < -0.39 is 0 Å². The molecule has 22 heavy (non-hydrogen) atoms. The minimum absolute atomic E-state index is 0.305. The monoisotopic (exact) mass is 287 g/mol. The molecule has 108 valence electrons. The predicted octanol–water partition coefficient (Wildman–Crippen LogP) is 4.65. The Morgan fingerprint density at radius 3 is 2.59 bits per heavy atom. The van der Waals surface area contributed by atoms with Crippen LogP contribution in [-0.2, 0) is 11.3 Å². The number of fused-ring (bicyclic) bond motifs is 6. The van der Waals surface area contributed by atoms with Crippen molar-refractivity contribution in [3.8, 4) is 0 Å². The van der Waals surface area contributed by atoms with E-state index in [0.717, 1.165) is 12.8 Å². The molecule has 0 aliphatic carbocycles. The molecule has 0 spiro atoms. The zero-order valence-electron chi connectivity index (χ0n) is 12.3.